The first-order valence-electron chi connectivity index (χ1n) is 7.62. The van der Waals surface area contributed by atoms with Crippen LogP contribution in [0.5, 0.6) is 0 Å². The van der Waals surface area contributed by atoms with Crippen molar-refractivity contribution in [2.24, 2.45) is 0 Å². The van der Waals surface area contributed by atoms with E-state index < -0.39 is 0 Å². The van der Waals surface area contributed by atoms with Crippen molar-refractivity contribution in [3.05, 3.63) is 65.1 Å². The molecule has 0 unspecified atom stereocenters. The van der Waals surface area contributed by atoms with Gasteiger partial charge in [-0.05, 0) is 50.0 Å². The van der Waals surface area contributed by atoms with Crippen molar-refractivity contribution in [1.82, 2.24) is 5.32 Å². The zero-order valence-corrected chi connectivity index (χ0v) is 14.1. The molecule has 1 aliphatic rings. The van der Waals surface area contributed by atoms with E-state index >= 15 is 0 Å². The number of rotatable bonds is 1. The van der Waals surface area contributed by atoms with Crippen LogP contribution >= 0.6 is 24.0 Å². The van der Waals surface area contributed by atoms with E-state index in [2.05, 4.69) is 59.9 Å². The van der Waals surface area contributed by atoms with Gasteiger partial charge in [0.25, 0.3) is 5.91 Å². The Hall–Kier alpha value is -2.43. The van der Waals surface area contributed by atoms with E-state index in [-0.39, 0.29) is 5.91 Å². The number of amides is 1. The van der Waals surface area contributed by atoms with Crippen LogP contribution in [0.3, 0.4) is 0 Å². The van der Waals surface area contributed by atoms with Crippen molar-refractivity contribution in [1.29, 1.82) is 0 Å². The molecule has 0 bridgehead atoms. The van der Waals surface area contributed by atoms with E-state index in [4.69, 9.17) is 12.2 Å². The first-order chi connectivity index (χ1) is 11.7. The molecule has 1 amide bonds. The molecule has 1 aliphatic heterocycles. The topological polar surface area (TPSA) is 29.1 Å². The molecule has 0 saturated carbocycles. The number of nitrogens with one attached hydrogen (secondary N) is 1. The Labute approximate surface area is 147 Å². The van der Waals surface area contributed by atoms with Gasteiger partial charge in [0.05, 0.1) is 4.91 Å². The zero-order chi connectivity index (χ0) is 16.3. The quantitative estimate of drug-likeness (QED) is 0.297. The number of carbonyl (C=O) groups excluding carboxylic acids is 1. The monoisotopic (exact) mass is 345 g/mol. The fraction of sp³-hybridized carbons (Fsp3) is 0. The second-order valence-corrected chi connectivity index (χ2v) is 7.59. The second kappa shape index (κ2) is 5.03. The molecule has 1 N–H and O–H groups in total. The van der Waals surface area contributed by atoms with Gasteiger partial charge in [-0.3, -0.25) is 4.79 Å². The lowest BCUT2D eigenvalue weighted by molar-refractivity contribution is -0.115. The van der Waals surface area contributed by atoms with E-state index in [1.165, 1.54) is 38.7 Å². The van der Waals surface area contributed by atoms with Gasteiger partial charge in [0.2, 0.25) is 0 Å². The predicted molar refractivity (Wildman–Crippen MR) is 106 cm³/mol. The molecule has 5 rings (SSSR count). The minimum atomic E-state index is -0.116. The maximum Gasteiger partial charge on any atom is 0.263 e. The van der Waals surface area contributed by atoms with Gasteiger partial charge in [0, 0.05) is 0 Å². The maximum atomic E-state index is 12.0. The normalized spacial score (nSPS) is 16.8. The Morgan fingerprint density at radius 2 is 1.62 bits per heavy atom. The highest BCUT2D eigenvalue weighted by molar-refractivity contribution is 8.26. The summed E-state index contributed by atoms with van der Waals surface area (Å²) in [5, 5.41) is 10.0. The van der Waals surface area contributed by atoms with E-state index in [0.717, 1.165) is 10.9 Å². The fourth-order valence-corrected chi connectivity index (χ4v) is 4.51. The number of thioether (sulfide) groups is 1. The van der Waals surface area contributed by atoms with Crippen LogP contribution in [-0.4, -0.2) is 10.2 Å². The van der Waals surface area contributed by atoms with Crippen LogP contribution in [-0.2, 0) is 4.79 Å². The summed E-state index contributed by atoms with van der Waals surface area (Å²) >= 11 is 6.41. The summed E-state index contributed by atoms with van der Waals surface area (Å²) in [6, 6.07) is 19.2. The molecular formula is C20H11NOS2. The van der Waals surface area contributed by atoms with Gasteiger partial charge >= 0.3 is 0 Å². The summed E-state index contributed by atoms with van der Waals surface area (Å²) in [5.74, 6) is -0.116. The molecule has 4 aromatic carbocycles. The van der Waals surface area contributed by atoms with Crippen LogP contribution in [0.2, 0.25) is 0 Å². The lowest BCUT2D eigenvalue weighted by Crippen LogP contribution is -2.17. The van der Waals surface area contributed by atoms with Gasteiger partial charge in [-0.15, -0.1) is 0 Å². The van der Waals surface area contributed by atoms with E-state index in [1.807, 2.05) is 6.08 Å². The van der Waals surface area contributed by atoms with Gasteiger partial charge in [-0.2, -0.15) is 0 Å². The van der Waals surface area contributed by atoms with E-state index in [1.54, 1.807) is 0 Å². The summed E-state index contributed by atoms with van der Waals surface area (Å²) in [7, 11) is 0. The van der Waals surface area contributed by atoms with Crippen LogP contribution in [0.15, 0.2) is 59.5 Å². The van der Waals surface area contributed by atoms with E-state index in [9.17, 15) is 4.79 Å². The summed E-state index contributed by atoms with van der Waals surface area (Å²) < 4.78 is 0.517. The Kier molecular flexibility index (Phi) is 2.93. The molecule has 0 atom stereocenters. The molecule has 0 spiro atoms. The van der Waals surface area contributed by atoms with Crippen LogP contribution in [0.1, 0.15) is 5.56 Å². The molecule has 4 aromatic rings. The minimum absolute atomic E-state index is 0.116. The second-order valence-electron chi connectivity index (χ2n) is 5.87. The molecule has 2 nitrogen and oxygen atoms in total. The molecule has 0 aromatic heterocycles. The molecule has 24 heavy (non-hydrogen) atoms. The third-order valence-corrected chi connectivity index (χ3v) is 5.63. The van der Waals surface area contributed by atoms with Crippen LogP contribution < -0.4 is 5.32 Å². The zero-order valence-electron chi connectivity index (χ0n) is 12.5. The van der Waals surface area contributed by atoms with Crippen molar-refractivity contribution in [2.75, 3.05) is 0 Å². The van der Waals surface area contributed by atoms with Gasteiger partial charge in [-0.25, -0.2) is 0 Å². The third kappa shape index (κ3) is 1.97. The summed E-state index contributed by atoms with van der Waals surface area (Å²) in [5.41, 5.74) is 1.05. The fourth-order valence-electron chi connectivity index (χ4n) is 3.47. The highest BCUT2D eigenvalue weighted by Crippen LogP contribution is 2.38. The highest BCUT2D eigenvalue weighted by atomic mass is 32.2. The molecule has 114 valence electrons. The maximum absolute atomic E-state index is 12.0. The molecule has 4 heteroatoms. The van der Waals surface area contributed by atoms with Crippen LogP contribution in [0.4, 0.5) is 0 Å². The molecule has 1 heterocycles. The average Bonchev–Trinajstić information content (AvgIpc) is 2.91. The Balaban J connectivity index is 1.91. The van der Waals surface area contributed by atoms with Crippen molar-refractivity contribution >= 4 is 72.6 Å². The third-order valence-electron chi connectivity index (χ3n) is 4.47. The largest absolute Gasteiger partial charge is 0.307 e. The van der Waals surface area contributed by atoms with Gasteiger partial charge < -0.3 is 5.32 Å². The Bertz CT molecular complexity index is 1190. The smallest absolute Gasteiger partial charge is 0.263 e. The molecule has 1 saturated heterocycles. The summed E-state index contributed by atoms with van der Waals surface area (Å²) in [6.45, 7) is 0. The lowest BCUT2D eigenvalue weighted by Gasteiger charge is -2.13. The van der Waals surface area contributed by atoms with Crippen LogP contribution in [0.25, 0.3) is 38.4 Å². The Morgan fingerprint density at radius 3 is 2.38 bits per heavy atom. The van der Waals surface area contributed by atoms with E-state index in [0.29, 0.717) is 9.23 Å². The van der Waals surface area contributed by atoms with Crippen molar-refractivity contribution < 1.29 is 4.79 Å². The highest BCUT2D eigenvalue weighted by Gasteiger charge is 2.22. The number of hydrogen-bond donors (Lipinski definition) is 1. The average molecular weight is 345 g/mol. The predicted octanol–water partition coefficient (Wildman–Crippen LogP) is 5.07. The standard InChI is InChI=1S/C20H11NOS2/c22-19-16(24-20(23)21-19)10-14-9-13-5-1-3-11-7-8-12-4-2-6-15(14)18(12)17(11)13/h1-10H,(H,21,22,23). The van der Waals surface area contributed by atoms with Crippen molar-refractivity contribution in [2.45, 2.75) is 0 Å². The number of hydrogen-bond acceptors (Lipinski definition) is 3. The lowest BCUT2D eigenvalue weighted by atomic mass is 9.91. The SMILES string of the molecule is O=C1NC(=S)SC1=Cc1cc2cccc3ccc4cccc1c4c32. The Morgan fingerprint density at radius 1 is 0.917 bits per heavy atom. The van der Waals surface area contributed by atoms with Crippen molar-refractivity contribution in [3.8, 4) is 0 Å². The first kappa shape index (κ1) is 14.0. The number of thiocarbonyl (C=S) groups is 1. The van der Waals surface area contributed by atoms with Crippen LogP contribution in [0, 0.1) is 0 Å². The minimum Gasteiger partial charge on any atom is -0.307 e. The van der Waals surface area contributed by atoms with Gasteiger partial charge in [-0.1, -0.05) is 72.5 Å². The van der Waals surface area contributed by atoms with Gasteiger partial charge in [0.15, 0.2) is 0 Å². The van der Waals surface area contributed by atoms with Crippen molar-refractivity contribution in [3.63, 3.8) is 0 Å². The first-order valence-corrected chi connectivity index (χ1v) is 8.84. The molecule has 0 aliphatic carbocycles. The summed E-state index contributed by atoms with van der Waals surface area (Å²) in [4.78, 5) is 12.7. The number of carbonyl (C=O) groups is 1. The molecular weight excluding hydrogens is 334 g/mol. The summed E-state index contributed by atoms with van der Waals surface area (Å²) in [6.07, 6.45) is 1.95. The molecule has 1 fully saturated rings. The number of benzene rings is 4. The molecule has 0 radical (unpaired) electrons. The van der Waals surface area contributed by atoms with Gasteiger partial charge in [0.1, 0.15) is 4.32 Å².